The van der Waals surface area contributed by atoms with Crippen LogP contribution in [0.3, 0.4) is 0 Å². The smallest absolute Gasteiger partial charge is 0.370 e. The number of hydrogen-bond acceptors (Lipinski definition) is 5. The highest BCUT2D eigenvalue weighted by Crippen LogP contribution is 2.10. The van der Waals surface area contributed by atoms with Gasteiger partial charge in [-0.3, -0.25) is 0 Å². The minimum Gasteiger partial charge on any atom is -0.370 e. The van der Waals surface area contributed by atoms with Crippen LogP contribution in [0.1, 0.15) is 12.5 Å². The highest BCUT2D eigenvalue weighted by Gasteiger charge is 2.10. The summed E-state index contributed by atoms with van der Waals surface area (Å²) in [5.41, 5.74) is 0.985. The highest BCUT2D eigenvalue weighted by molar-refractivity contribution is 5.37. The van der Waals surface area contributed by atoms with E-state index in [0.717, 1.165) is 17.9 Å². The standard InChI is InChI=1S/C11H13N5O2/c1-2-12-10-7-9(3-5-13-10)8-15-6-4-11(14-15)16(17)18/h3-7H,2,8H2,1H3,(H,12,13). The molecule has 2 heterocycles. The number of nitro groups is 1. The van der Waals surface area contributed by atoms with Crippen LogP contribution in [0, 0.1) is 10.1 Å². The summed E-state index contributed by atoms with van der Waals surface area (Å²) < 4.78 is 1.53. The van der Waals surface area contributed by atoms with E-state index < -0.39 is 4.92 Å². The molecule has 1 N–H and O–H groups in total. The Morgan fingerprint density at radius 1 is 1.50 bits per heavy atom. The van der Waals surface area contributed by atoms with Crippen molar-refractivity contribution in [2.24, 2.45) is 0 Å². The summed E-state index contributed by atoms with van der Waals surface area (Å²) in [5.74, 6) is 0.646. The van der Waals surface area contributed by atoms with Crippen LogP contribution >= 0.6 is 0 Å². The molecular weight excluding hydrogens is 234 g/mol. The second-order valence-electron chi connectivity index (χ2n) is 3.71. The highest BCUT2D eigenvalue weighted by atomic mass is 16.6. The molecule has 0 aliphatic rings. The van der Waals surface area contributed by atoms with Gasteiger partial charge in [-0.05, 0) is 29.5 Å². The fourth-order valence-electron chi connectivity index (χ4n) is 1.57. The largest absolute Gasteiger partial charge is 0.389 e. The molecule has 0 saturated carbocycles. The summed E-state index contributed by atoms with van der Waals surface area (Å²) in [7, 11) is 0. The lowest BCUT2D eigenvalue weighted by molar-refractivity contribution is -0.389. The molecule has 0 amide bonds. The Bertz CT molecular complexity index is 552. The van der Waals surface area contributed by atoms with E-state index in [1.807, 2.05) is 19.1 Å². The third-order valence-corrected chi connectivity index (χ3v) is 2.34. The molecule has 2 aromatic rings. The Labute approximate surface area is 104 Å². The lowest BCUT2D eigenvalue weighted by Gasteiger charge is -2.04. The van der Waals surface area contributed by atoms with Crippen molar-refractivity contribution in [2.45, 2.75) is 13.5 Å². The van der Waals surface area contributed by atoms with Crippen LogP contribution in [0.2, 0.25) is 0 Å². The summed E-state index contributed by atoms with van der Waals surface area (Å²) in [6, 6.07) is 5.14. The molecule has 0 spiro atoms. The molecule has 0 radical (unpaired) electrons. The van der Waals surface area contributed by atoms with Gasteiger partial charge in [0.2, 0.25) is 0 Å². The number of aromatic nitrogens is 3. The number of anilines is 1. The molecule has 0 atom stereocenters. The van der Waals surface area contributed by atoms with Crippen molar-refractivity contribution >= 4 is 11.6 Å². The van der Waals surface area contributed by atoms with Gasteiger partial charge >= 0.3 is 5.82 Å². The van der Waals surface area contributed by atoms with Crippen LogP contribution in [0.25, 0.3) is 0 Å². The van der Waals surface area contributed by atoms with Gasteiger partial charge in [0.05, 0.1) is 23.9 Å². The molecule has 94 valence electrons. The lowest BCUT2D eigenvalue weighted by atomic mass is 10.2. The molecule has 0 bridgehead atoms. The van der Waals surface area contributed by atoms with Gasteiger partial charge in [-0.15, -0.1) is 0 Å². The Morgan fingerprint density at radius 3 is 3.00 bits per heavy atom. The van der Waals surface area contributed by atoms with E-state index in [1.165, 1.54) is 10.7 Å². The first kappa shape index (κ1) is 12.0. The molecule has 7 heteroatoms. The van der Waals surface area contributed by atoms with E-state index >= 15 is 0 Å². The minimum absolute atomic E-state index is 0.143. The van der Waals surface area contributed by atoms with Gasteiger partial charge in [0.15, 0.2) is 0 Å². The van der Waals surface area contributed by atoms with Crippen molar-refractivity contribution in [1.29, 1.82) is 0 Å². The number of rotatable bonds is 5. The molecule has 0 aliphatic heterocycles. The molecule has 18 heavy (non-hydrogen) atoms. The SMILES string of the molecule is CCNc1cc(Cn2ccc([N+](=O)[O-])n2)ccn1. The lowest BCUT2D eigenvalue weighted by Crippen LogP contribution is -2.04. The van der Waals surface area contributed by atoms with Crippen molar-refractivity contribution in [3.8, 4) is 0 Å². The summed E-state index contributed by atoms with van der Waals surface area (Å²) in [6.07, 6.45) is 3.29. The van der Waals surface area contributed by atoms with Crippen molar-refractivity contribution in [3.63, 3.8) is 0 Å². The zero-order valence-electron chi connectivity index (χ0n) is 9.91. The Kier molecular flexibility index (Phi) is 3.52. The number of pyridine rings is 1. The third-order valence-electron chi connectivity index (χ3n) is 2.34. The third kappa shape index (κ3) is 2.82. The fraction of sp³-hybridized carbons (Fsp3) is 0.273. The van der Waals surface area contributed by atoms with E-state index in [2.05, 4.69) is 15.4 Å². The molecule has 0 fully saturated rings. The summed E-state index contributed by atoms with van der Waals surface area (Å²) in [6.45, 7) is 3.27. The maximum absolute atomic E-state index is 10.5. The predicted octanol–water partition coefficient (Wildman–Crippen LogP) is 1.67. The summed E-state index contributed by atoms with van der Waals surface area (Å²) >= 11 is 0. The Balaban J connectivity index is 2.12. The molecule has 2 aromatic heterocycles. The van der Waals surface area contributed by atoms with Gasteiger partial charge in [0.1, 0.15) is 5.82 Å². The van der Waals surface area contributed by atoms with Crippen molar-refractivity contribution in [1.82, 2.24) is 14.8 Å². The minimum atomic E-state index is -0.507. The predicted molar refractivity (Wildman–Crippen MR) is 66.4 cm³/mol. The Hall–Kier alpha value is -2.44. The summed E-state index contributed by atoms with van der Waals surface area (Å²) in [5, 5.41) is 17.5. The van der Waals surface area contributed by atoms with E-state index in [0.29, 0.717) is 6.54 Å². The molecule has 0 unspecified atom stereocenters. The number of nitrogens with zero attached hydrogens (tertiary/aromatic N) is 4. The van der Waals surface area contributed by atoms with E-state index in [1.54, 1.807) is 12.4 Å². The zero-order valence-corrected chi connectivity index (χ0v) is 9.91. The van der Waals surface area contributed by atoms with Crippen molar-refractivity contribution in [2.75, 3.05) is 11.9 Å². The maximum atomic E-state index is 10.5. The first-order valence-corrected chi connectivity index (χ1v) is 5.55. The van der Waals surface area contributed by atoms with Gasteiger partial charge in [-0.1, -0.05) is 0 Å². The monoisotopic (exact) mass is 247 g/mol. The molecule has 0 aliphatic carbocycles. The second-order valence-corrected chi connectivity index (χ2v) is 3.71. The van der Waals surface area contributed by atoms with Crippen molar-refractivity contribution < 1.29 is 4.92 Å². The van der Waals surface area contributed by atoms with Gasteiger partial charge in [0.25, 0.3) is 0 Å². The molecule has 0 aromatic carbocycles. The van der Waals surface area contributed by atoms with Crippen LogP contribution in [-0.2, 0) is 6.54 Å². The quantitative estimate of drug-likeness (QED) is 0.641. The number of nitrogens with one attached hydrogen (secondary N) is 1. The van der Waals surface area contributed by atoms with E-state index in [-0.39, 0.29) is 5.82 Å². The number of hydrogen-bond donors (Lipinski definition) is 1. The average molecular weight is 247 g/mol. The molecule has 7 nitrogen and oxygen atoms in total. The van der Waals surface area contributed by atoms with Crippen LogP contribution in [0.5, 0.6) is 0 Å². The molecule has 2 rings (SSSR count). The second kappa shape index (κ2) is 5.26. The van der Waals surface area contributed by atoms with E-state index in [9.17, 15) is 10.1 Å². The van der Waals surface area contributed by atoms with Crippen molar-refractivity contribution in [3.05, 3.63) is 46.3 Å². The van der Waals surface area contributed by atoms with Crippen LogP contribution in [-0.4, -0.2) is 26.2 Å². The van der Waals surface area contributed by atoms with Crippen LogP contribution in [0.15, 0.2) is 30.6 Å². The van der Waals surface area contributed by atoms with Gasteiger partial charge in [0, 0.05) is 12.7 Å². The zero-order chi connectivity index (χ0) is 13.0. The van der Waals surface area contributed by atoms with E-state index in [4.69, 9.17) is 0 Å². The maximum Gasteiger partial charge on any atom is 0.389 e. The molecular formula is C11H13N5O2. The van der Waals surface area contributed by atoms with Gasteiger partial charge in [-0.2, -0.15) is 4.68 Å². The first-order chi connectivity index (χ1) is 8.69. The summed E-state index contributed by atoms with van der Waals surface area (Å²) in [4.78, 5) is 14.2. The topological polar surface area (TPSA) is 85.9 Å². The van der Waals surface area contributed by atoms with Crippen LogP contribution < -0.4 is 5.32 Å². The first-order valence-electron chi connectivity index (χ1n) is 5.55. The fourth-order valence-corrected chi connectivity index (χ4v) is 1.57. The Morgan fingerprint density at radius 2 is 2.33 bits per heavy atom. The van der Waals surface area contributed by atoms with Crippen LogP contribution in [0.4, 0.5) is 11.6 Å². The average Bonchev–Trinajstić information content (AvgIpc) is 2.78. The van der Waals surface area contributed by atoms with Gasteiger partial charge in [-0.25, -0.2) is 4.98 Å². The van der Waals surface area contributed by atoms with Gasteiger partial charge < -0.3 is 15.4 Å². The normalized spacial score (nSPS) is 10.3. The molecule has 0 saturated heterocycles.